The fourth-order valence-electron chi connectivity index (χ4n) is 2.12. The zero-order valence-corrected chi connectivity index (χ0v) is 11.3. The molecule has 0 saturated carbocycles. The maximum Gasteiger partial charge on any atom is 0.103 e. The van der Waals surface area contributed by atoms with Crippen LogP contribution in [0.4, 0.5) is 5.69 Å². The molecular weight excluding hydrogens is 278 g/mol. The number of nitrogens with zero attached hydrogens (tertiary/aromatic N) is 1. The van der Waals surface area contributed by atoms with Gasteiger partial charge in [-0.2, -0.15) is 5.26 Å². The third kappa shape index (κ3) is 3.21. The molecule has 17 heavy (non-hydrogen) atoms. The standard InChI is InChI=1S/C13H16BrN3/c14-12-5-3-6-13(11(12)8-15)17-9-10-4-1-2-7-16-10/h3,5-6,10,16-17H,1-2,4,7,9H2. The van der Waals surface area contributed by atoms with E-state index in [0.717, 1.165) is 23.2 Å². The van der Waals surface area contributed by atoms with Crippen LogP contribution in [0.5, 0.6) is 0 Å². The van der Waals surface area contributed by atoms with Crippen molar-refractivity contribution in [1.29, 1.82) is 5.26 Å². The lowest BCUT2D eigenvalue weighted by Gasteiger charge is -2.24. The smallest absolute Gasteiger partial charge is 0.103 e. The number of piperidine rings is 1. The Balaban J connectivity index is 1.99. The predicted octanol–water partition coefficient (Wildman–Crippen LogP) is 2.87. The van der Waals surface area contributed by atoms with Crippen molar-refractivity contribution in [2.24, 2.45) is 0 Å². The molecule has 1 aromatic carbocycles. The summed E-state index contributed by atoms with van der Waals surface area (Å²) in [5, 5.41) is 15.9. The predicted molar refractivity (Wildman–Crippen MR) is 73.0 cm³/mol. The normalized spacial score (nSPS) is 19.6. The van der Waals surface area contributed by atoms with E-state index >= 15 is 0 Å². The van der Waals surface area contributed by atoms with E-state index in [9.17, 15) is 0 Å². The number of anilines is 1. The van der Waals surface area contributed by atoms with Crippen molar-refractivity contribution in [2.45, 2.75) is 25.3 Å². The maximum absolute atomic E-state index is 9.10. The zero-order chi connectivity index (χ0) is 12.1. The van der Waals surface area contributed by atoms with Gasteiger partial charge in [0.2, 0.25) is 0 Å². The van der Waals surface area contributed by atoms with E-state index in [-0.39, 0.29) is 0 Å². The summed E-state index contributed by atoms with van der Waals surface area (Å²) < 4.78 is 0.849. The molecule has 1 aliphatic heterocycles. The average Bonchev–Trinajstić information content (AvgIpc) is 2.37. The van der Waals surface area contributed by atoms with Crippen LogP contribution in [0.2, 0.25) is 0 Å². The molecule has 0 aromatic heterocycles. The lowest BCUT2D eigenvalue weighted by atomic mass is 10.0. The van der Waals surface area contributed by atoms with Gasteiger partial charge >= 0.3 is 0 Å². The molecule has 0 bridgehead atoms. The third-order valence-corrected chi connectivity index (χ3v) is 3.74. The summed E-state index contributed by atoms with van der Waals surface area (Å²) in [6.45, 7) is 1.99. The van der Waals surface area contributed by atoms with E-state index < -0.39 is 0 Å². The van der Waals surface area contributed by atoms with Gasteiger partial charge in [0.05, 0.1) is 11.3 Å². The second-order valence-electron chi connectivity index (χ2n) is 4.30. The van der Waals surface area contributed by atoms with Gasteiger partial charge in [-0.05, 0) is 47.4 Å². The van der Waals surface area contributed by atoms with Crippen LogP contribution in [0.1, 0.15) is 24.8 Å². The lowest BCUT2D eigenvalue weighted by Crippen LogP contribution is -2.39. The van der Waals surface area contributed by atoms with Crippen molar-refractivity contribution in [3.05, 3.63) is 28.2 Å². The van der Waals surface area contributed by atoms with Crippen LogP contribution >= 0.6 is 15.9 Å². The molecule has 3 nitrogen and oxygen atoms in total. The minimum atomic E-state index is 0.522. The van der Waals surface area contributed by atoms with Crippen molar-refractivity contribution in [1.82, 2.24) is 5.32 Å². The van der Waals surface area contributed by atoms with Crippen molar-refractivity contribution < 1.29 is 0 Å². The Morgan fingerprint density at radius 1 is 1.47 bits per heavy atom. The van der Waals surface area contributed by atoms with Crippen LogP contribution in [0.25, 0.3) is 0 Å². The number of halogens is 1. The van der Waals surface area contributed by atoms with Gasteiger partial charge in [-0.3, -0.25) is 0 Å². The molecule has 4 heteroatoms. The number of rotatable bonds is 3. The number of nitriles is 1. The molecule has 0 aliphatic carbocycles. The molecule has 1 fully saturated rings. The van der Waals surface area contributed by atoms with Gasteiger partial charge in [0.25, 0.3) is 0 Å². The first-order valence-electron chi connectivity index (χ1n) is 5.97. The number of hydrogen-bond acceptors (Lipinski definition) is 3. The van der Waals surface area contributed by atoms with E-state index in [1.807, 2.05) is 18.2 Å². The largest absolute Gasteiger partial charge is 0.382 e. The minimum Gasteiger partial charge on any atom is -0.382 e. The second-order valence-corrected chi connectivity index (χ2v) is 5.16. The first-order valence-corrected chi connectivity index (χ1v) is 6.76. The van der Waals surface area contributed by atoms with Crippen molar-refractivity contribution >= 4 is 21.6 Å². The summed E-state index contributed by atoms with van der Waals surface area (Å²) in [7, 11) is 0. The topological polar surface area (TPSA) is 47.9 Å². The Morgan fingerprint density at radius 3 is 3.06 bits per heavy atom. The van der Waals surface area contributed by atoms with Crippen LogP contribution < -0.4 is 10.6 Å². The monoisotopic (exact) mass is 293 g/mol. The Kier molecular flexibility index (Phi) is 4.41. The molecule has 1 unspecified atom stereocenters. The van der Waals surface area contributed by atoms with Gasteiger partial charge in [0.15, 0.2) is 0 Å². The zero-order valence-electron chi connectivity index (χ0n) is 9.67. The van der Waals surface area contributed by atoms with Crippen molar-refractivity contribution in [3.63, 3.8) is 0 Å². The average molecular weight is 294 g/mol. The summed E-state index contributed by atoms with van der Waals surface area (Å²) in [6, 6.07) is 8.53. The second kappa shape index (κ2) is 6.04. The van der Waals surface area contributed by atoms with Crippen LogP contribution in [-0.2, 0) is 0 Å². The molecule has 1 saturated heterocycles. The van der Waals surface area contributed by atoms with E-state index in [1.54, 1.807) is 0 Å². The molecule has 1 aromatic rings. The van der Waals surface area contributed by atoms with Gasteiger partial charge in [0.1, 0.15) is 6.07 Å². The van der Waals surface area contributed by atoms with Crippen LogP contribution in [0, 0.1) is 11.3 Å². The minimum absolute atomic E-state index is 0.522. The Bertz CT molecular complexity index is 419. The summed E-state index contributed by atoms with van der Waals surface area (Å²) >= 11 is 3.40. The van der Waals surface area contributed by atoms with E-state index in [1.165, 1.54) is 19.3 Å². The molecular formula is C13H16BrN3. The molecule has 1 aliphatic rings. The Hall–Kier alpha value is -1.05. The summed E-state index contributed by atoms with van der Waals surface area (Å²) in [5.41, 5.74) is 1.59. The van der Waals surface area contributed by atoms with E-state index in [0.29, 0.717) is 11.6 Å². The molecule has 1 heterocycles. The molecule has 0 radical (unpaired) electrons. The van der Waals surface area contributed by atoms with Crippen molar-refractivity contribution in [3.8, 4) is 6.07 Å². The summed E-state index contributed by atoms with van der Waals surface area (Å²) in [5.74, 6) is 0. The van der Waals surface area contributed by atoms with Gasteiger partial charge < -0.3 is 10.6 Å². The quantitative estimate of drug-likeness (QED) is 0.901. The van der Waals surface area contributed by atoms with Crippen LogP contribution in [-0.4, -0.2) is 19.1 Å². The van der Waals surface area contributed by atoms with Crippen LogP contribution in [0.3, 0.4) is 0 Å². The maximum atomic E-state index is 9.10. The highest BCUT2D eigenvalue weighted by atomic mass is 79.9. The molecule has 2 rings (SSSR count). The van der Waals surface area contributed by atoms with E-state index in [2.05, 4.69) is 32.6 Å². The highest BCUT2D eigenvalue weighted by molar-refractivity contribution is 9.10. The summed E-state index contributed by atoms with van der Waals surface area (Å²) in [4.78, 5) is 0. The fraction of sp³-hybridized carbons (Fsp3) is 0.462. The molecule has 1 atom stereocenters. The fourth-order valence-corrected chi connectivity index (χ4v) is 2.57. The Morgan fingerprint density at radius 2 is 2.35 bits per heavy atom. The van der Waals surface area contributed by atoms with Gasteiger partial charge in [-0.1, -0.05) is 12.5 Å². The first-order chi connectivity index (χ1) is 8.31. The highest BCUT2D eigenvalue weighted by Gasteiger charge is 2.13. The lowest BCUT2D eigenvalue weighted by molar-refractivity contribution is 0.414. The van der Waals surface area contributed by atoms with Crippen LogP contribution in [0.15, 0.2) is 22.7 Å². The van der Waals surface area contributed by atoms with Gasteiger partial charge in [-0.25, -0.2) is 0 Å². The molecule has 2 N–H and O–H groups in total. The number of hydrogen-bond donors (Lipinski definition) is 2. The number of benzene rings is 1. The van der Waals surface area contributed by atoms with E-state index in [4.69, 9.17) is 5.26 Å². The first kappa shape index (κ1) is 12.4. The van der Waals surface area contributed by atoms with Crippen molar-refractivity contribution in [2.75, 3.05) is 18.4 Å². The number of nitrogens with one attached hydrogen (secondary N) is 2. The third-order valence-electron chi connectivity index (χ3n) is 3.08. The highest BCUT2D eigenvalue weighted by Crippen LogP contribution is 2.23. The SMILES string of the molecule is N#Cc1c(Br)cccc1NCC1CCCCN1. The summed E-state index contributed by atoms with van der Waals surface area (Å²) in [6.07, 6.45) is 3.78. The Labute approximate surface area is 110 Å². The molecule has 0 amide bonds. The molecule has 90 valence electrons. The molecule has 0 spiro atoms. The van der Waals surface area contributed by atoms with Gasteiger partial charge in [-0.15, -0.1) is 0 Å². The van der Waals surface area contributed by atoms with Gasteiger partial charge in [0, 0.05) is 17.1 Å².